The highest BCUT2D eigenvalue weighted by Crippen LogP contribution is 2.30. The third-order valence-electron chi connectivity index (χ3n) is 3.76. The average molecular weight is 369 g/mol. The summed E-state index contributed by atoms with van der Waals surface area (Å²) >= 11 is 0. The van der Waals surface area contributed by atoms with Gasteiger partial charge in [-0.1, -0.05) is 18.2 Å². The zero-order valence-electron chi connectivity index (χ0n) is 13.1. The molecule has 0 radical (unpaired) electrons. The van der Waals surface area contributed by atoms with Gasteiger partial charge in [-0.05, 0) is 24.1 Å². The topological polar surface area (TPSA) is 24.5 Å². The third-order valence-corrected chi connectivity index (χ3v) is 3.76. The van der Waals surface area contributed by atoms with E-state index < -0.39 is 12.5 Å². The van der Waals surface area contributed by atoms with Crippen LogP contribution in [0.15, 0.2) is 36.9 Å². The molecule has 0 bridgehead atoms. The summed E-state index contributed by atoms with van der Waals surface area (Å²) in [4.78, 5) is 2.28. The van der Waals surface area contributed by atoms with Crippen LogP contribution in [0.2, 0.25) is 0 Å². The predicted octanol–water partition coefficient (Wildman–Crippen LogP) is 3.87. The van der Waals surface area contributed by atoms with Crippen molar-refractivity contribution in [1.29, 1.82) is 0 Å². The maximum atomic E-state index is 12.9. The summed E-state index contributed by atoms with van der Waals surface area (Å²) in [5.74, 6) is -0.281. The van der Waals surface area contributed by atoms with Gasteiger partial charge in [0.2, 0.25) is 0 Å². The van der Waals surface area contributed by atoms with Crippen molar-refractivity contribution in [3.8, 4) is 5.75 Å². The molecule has 0 amide bonds. The van der Waals surface area contributed by atoms with Gasteiger partial charge in [0, 0.05) is 32.2 Å². The lowest BCUT2D eigenvalue weighted by Crippen LogP contribution is -2.45. The van der Waals surface area contributed by atoms with E-state index in [-0.39, 0.29) is 24.2 Å². The van der Waals surface area contributed by atoms with E-state index in [1.807, 2.05) is 6.08 Å². The van der Waals surface area contributed by atoms with Gasteiger partial charge in [-0.2, -0.15) is 17.6 Å². The highest BCUT2D eigenvalue weighted by Gasteiger charge is 2.43. The number of benzene rings is 1. The van der Waals surface area contributed by atoms with E-state index in [2.05, 4.69) is 21.5 Å². The maximum Gasteiger partial charge on any atom is 0.461 e. The Morgan fingerprint density at radius 1 is 1.21 bits per heavy atom. The molecule has 24 heavy (non-hydrogen) atoms. The van der Waals surface area contributed by atoms with E-state index in [0.717, 1.165) is 31.7 Å². The van der Waals surface area contributed by atoms with Crippen molar-refractivity contribution in [3.63, 3.8) is 0 Å². The molecule has 1 N–H and O–H groups in total. The monoisotopic (exact) mass is 368 g/mol. The average Bonchev–Trinajstić information content (AvgIpc) is 2.54. The van der Waals surface area contributed by atoms with Crippen molar-refractivity contribution in [2.45, 2.75) is 25.0 Å². The first-order valence-electron chi connectivity index (χ1n) is 7.44. The van der Waals surface area contributed by atoms with Crippen LogP contribution < -0.4 is 10.1 Å². The zero-order valence-corrected chi connectivity index (χ0v) is 13.9. The second-order valence-electron chi connectivity index (χ2n) is 5.36. The minimum Gasteiger partial charge on any atom is -0.428 e. The fourth-order valence-corrected chi connectivity index (χ4v) is 2.61. The molecule has 1 fully saturated rings. The van der Waals surface area contributed by atoms with Gasteiger partial charge in [0.15, 0.2) is 0 Å². The molecule has 1 heterocycles. The minimum absolute atomic E-state index is 0. The summed E-state index contributed by atoms with van der Waals surface area (Å²) in [6.45, 7) is 7.28. The van der Waals surface area contributed by atoms with Gasteiger partial charge in [0.05, 0.1) is 0 Å². The Morgan fingerprint density at radius 3 is 2.29 bits per heavy atom. The SMILES string of the molecule is C=CC[C@H](c1ccc(OC(F)(F)C(F)F)cc1)N1CCNCC1.Cl. The van der Waals surface area contributed by atoms with Crippen molar-refractivity contribution in [3.05, 3.63) is 42.5 Å². The van der Waals surface area contributed by atoms with E-state index in [9.17, 15) is 17.6 Å². The van der Waals surface area contributed by atoms with E-state index in [0.29, 0.717) is 6.42 Å². The van der Waals surface area contributed by atoms with Gasteiger partial charge in [0.25, 0.3) is 0 Å². The Morgan fingerprint density at radius 2 is 1.79 bits per heavy atom. The molecule has 0 spiro atoms. The Balaban J connectivity index is 0.00000288. The van der Waals surface area contributed by atoms with Crippen LogP contribution in [0, 0.1) is 0 Å². The molecule has 0 aromatic heterocycles. The summed E-state index contributed by atoms with van der Waals surface area (Å²) in [6.07, 6.45) is -5.83. The van der Waals surface area contributed by atoms with Crippen LogP contribution >= 0.6 is 12.4 Å². The van der Waals surface area contributed by atoms with Gasteiger partial charge < -0.3 is 10.1 Å². The fourth-order valence-electron chi connectivity index (χ4n) is 2.61. The highest BCUT2D eigenvalue weighted by atomic mass is 35.5. The second-order valence-corrected chi connectivity index (χ2v) is 5.36. The van der Waals surface area contributed by atoms with Crippen LogP contribution in [0.4, 0.5) is 17.6 Å². The number of nitrogens with one attached hydrogen (secondary N) is 1. The van der Waals surface area contributed by atoms with Crippen molar-refractivity contribution in [2.75, 3.05) is 26.2 Å². The van der Waals surface area contributed by atoms with Crippen molar-refractivity contribution in [1.82, 2.24) is 10.2 Å². The Kier molecular flexibility index (Phi) is 7.99. The molecule has 136 valence electrons. The Labute approximate surface area is 145 Å². The van der Waals surface area contributed by atoms with Gasteiger partial charge in [-0.15, -0.1) is 19.0 Å². The van der Waals surface area contributed by atoms with Crippen LogP contribution in [0.5, 0.6) is 5.75 Å². The zero-order chi connectivity index (χ0) is 16.9. The number of halogens is 5. The number of hydrogen-bond donors (Lipinski definition) is 1. The number of rotatable bonds is 7. The molecule has 3 nitrogen and oxygen atoms in total. The van der Waals surface area contributed by atoms with Crippen LogP contribution in [0.25, 0.3) is 0 Å². The van der Waals surface area contributed by atoms with Crippen LogP contribution in [0.1, 0.15) is 18.0 Å². The predicted molar refractivity (Wildman–Crippen MR) is 87.3 cm³/mol. The number of ether oxygens (including phenoxy) is 1. The quantitative estimate of drug-likeness (QED) is 0.584. The van der Waals surface area contributed by atoms with Gasteiger partial charge in [-0.3, -0.25) is 4.90 Å². The lowest BCUT2D eigenvalue weighted by Gasteiger charge is -2.34. The molecule has 0 saturated carbocycles. The summed E-state index contributed by atoms with van der Waals surface area (Å²) < 4.78 is 54.2. The van der Waals surface area contributed by atoms with Crippen molar-refractivity contribution < 1.29 is 22.3 Å². The van der Waals surface area contributed by atoms with Crippen molar-refractivity contribution >= 4 is 12.4 Å². The molecule has 0 unspecified atom stereocenters. The molecule has 1 saturated heterocycles. The highest BCUT2D eigenvalue weighted by molar-refractivity contribution is 5.85. The molecular weight excluding hydrogens is 348 g/mol. The first-order valence-corrected chi connectivity index (χ1v) is 7.44. The molecule has 1 atom stereocenters. The first-order chi connectivity index (χ1) is 10.9. The van der Waals surface area contributed by atoms with Crippen molar-refractivity contribution in [2.24, 2.45) is 0 Å². The van der Waals surface area contributed by atoms with Gasteiger partial charge in [-0.25, -0.2) is 0 Å². The summed E-state index contributed by atoms with van der Waals surface area (Å²) in [7, 11) is 0. The van der Waals surface area contributed by atoms with E-state index >= 15 is 0 Å². The lowest BCUT2D eigenvalue weighted by atomic mass is 10.0. The summed E-state index contributed by atoms with van der Waals surface area (Å²) in [5.41, 5.74) is 0.916. The summed E-state index contributed by atoms with van der Waals surface area (Å²) in [5, 5.41) is 3.27. The number of alkyl halides is 4. The van der Waals surface area contributed by atoms with Gasteiger partial charge in [0.1, 0.15) is 5.75 Å². The Hall–Kier alpha value is -1.31. The molecule has 8 heteroatoms. The lowest BCUT2D eigenvalue weighted by molar-refractivity contribution is -0.253. The first kappa shape index (κ1) is 20.7. The molecule has 2 rings (SSSR count). The minimum atomic E-state index is -4.49. The standard InChI is InChI=1S/C16H20F4N2O.ClH/c1-2-3-14(22-10-8-21-9-11-22)12-4-6-13(7-5-12)23-16(19,20)15(17)18;/h2,4-7,14-15,21H,1,3,8-11H2;1H/t14-;/m1./s1. The maximum absolute atomic E-state index is 12.9. The number of nitrogens with zero attached hydrogens (tertiary/aromatic N) is 1. The normalized spacial score (nSPS) is 17.2. The van der Waals surface area contributed by atoms with E-state index in [4.69, 9.17) is 0 Å². The molecular formula is C16H21ClF4N2O. The fraction of sp³-hybridized carbons (Fsp3) is 0.500. The molecule has 1 aliphatic rings. The summed E-state index contributed by atoms with van der Waals surface area (Å²) in [6, 6.07) is 5.94. The van der Waals surface area contributed by atoms with E-state index in [1.165, 1.54) is 12.1 Å². The van der Waals surface area contributed by atoms with Crippen LogP contribution in [-0.4, -0.2) is 43.6 Å². The molecule has 1 aliphatic heterocycles. The largest absolute Gasteiger partial charge is 0.461 e. The van der Waals surface area contributed by atoms with Crippen LogP contribution in [0.3, 0.4) is 0 Å². The number of piperazine rings is 1. The van der Waals surface area contributed by atoms with Gasteiger partial charge >= 0.3 is 12.5 Å². The number of hydrogen-bond acceptors (Lipinski definition) is 3. The molecule has 1 aromatic carbocycles. The van der Waals surface area contributed by atoms with E-state index in [1.54, 1.807) is 12.1 Å². The smallest absolute Gasteiger partial charge is 0.428 e. The second kappa shape index (κ2) is 9.25. The molecule has 0 aliphatic carbocycles. The third kappa shape index (κ3) is 5.36. The van der Waals surface area contributed by atoms with Crippen LogP contribution in [-0.2, 0) is 0 Å². The Bertz CT molecular complexity index is 507. The molecule has 1 aromatic rings.